The average molecular weight is 351 g/mol. The first kappa shape index (κ1) is 15.3. The predicted octanol–water partition coefficient (Wildman–Crippen LogP) is 3.30. The maximum Gasteiger partial charge on any atom is 0.267 e. The summed E-state index contributed by atoms with van der Waals surface area (Å²) >= 11 is 1.29. The second-order valence-corrected chi connectivity index (χ2v) is 6.29. The first-order chi connectivity index (χ1) is 12.3. The molecule has 0 aliphatic heterocycles. The molecule has 4 aromatic rings. The number of carbonyl (C=O) groups excluding carboxylic acids is 1. The molecule has 1 amide bonds. The third-order valence-corrected chi connectivity index (χ3v) is 4.47. The van der Waals surface area contributed by atoms with Crippen LogP contribution in [0.3, 0.4) is 0 Å². The zero-order valence-corrected chi connectivity index (χ0v) is 13.8. The highest BCUT2D eigenvalue weighted by atomic mass is 32.1. The molecule has 25 heavy (non-hydrogen) atoms. The molecule has 0 atom stereocenters. The lowest BCUT2D eigenvalue weighted by atomic mass is 10.2. The lowest BCUT2D eigenvalue weighted by molar-refractivity contribution is 0.103. The van der Waals surface area contributed by atoms with Crippen molar-refractivity contribution < 1.29 is 9.21 Å². The number of carbonyl (C=O) groups is 1. The van der Waals surface area contributed by atoms with Crippen molar-refractivity contribution in [2.24, 2.45) is 0 Å². The molecule has 0 aliphatic rings. The molecule has 7 nitrogen and oxygen atoms in total. The van der Waals surface area contributed by atoms with Crippen molar-refractivity contribution in [3.05, 3.63) is 72.0 Å². The average Bonchev–Trinajstić information content (AvgIpc) is 3.37. The Morgan fingerprint density at radius 3 is 3.04 bits per heavy atom. The Bertz CT molecular complexity index is 976. The van der Waals surface area contributed by atoms with Crippen LogP contribution >= 0.6 is 11.3 Å². The molecule has 1 aromatic carbocycles. The van der Waals surface area contributed by atoms with Crippen molar-refractivity contribution in [2.45, 2.75) is 6.54 Å². The molecule has 3 aromatic heterocycles. The minimum Gasteiger partial charge on any atom is -0.462 e. The standard InChI is InChI=1S/C17H13N5O2S/c23-16(15-8-19-17(25-15)14-5-2-6-24-14)21-13-4-1-3-12(7-13)9-22-11-18-10-20-22/h1-8,10-11H,9H2,(H,21,23). The Balaban J connectivity index is 1.47. The minimum atomic E-state index is -0.201. The van der Waals surface area contributed by atoms with Crippen LogP contribution in [0.2, 0.25) is 0 Å². The molecule has 8 heteroatoms. The van der Waals surface area contributed by atoms with E-state index in [4.69, 9.17) is 4.42 Å². The van der Waals surface area contributed by atoms with Crippen LogP contribution in [-0.2, 0) is 6.54 Å². The molecule has 124 valence electrons. The molecule has 0 bridgehead atoms. The fraction of sp³-hybridized carbons (Fsp3) is 0.0588. The summed E-state index contributed by atoms with van der Waals surface area (Å²) in [6, 6.07) is 11.2. The lowest BCUT2D eigenvalue weighted by Gasteiger charge is -2.06. The summed E-state index contributed by atoms with van der Waals surface area (Å²) in [7, 11) is 0. The summed E-state index contributed by atoms with van der Waals surface area (Å²) in [4.78, 5) is 21.1. The maximum absolute atomic E-state index is 12.4. The third kappa shape index (κ3) is 3.48. The van der Waals surface area contributed by atoms with Gasteiger partial charge in [0.15, 0.2) is 10.8 Å². The summed E-state index contributed by atoms with van der Waals surface area (Å²) in [5, 5.41) is 7.65. The van der Waals surface area contributed by atoms with E-state index in [-0.39, 0.29) is 5.91 Å². The van der Waals surface area contributed by atoms with Crippen LogP contribution in [-0.4, -0.2) is 25.7 Å². The van der Waals surface area contributed by atoms with E-state index in [2.05, 4.69) is 20.4 Å². The number of nitrogens with one attached hydrogen (secondary N) is 1. The molecule has 1 N–H and O–H groups in total. The molecule has 0 saturated carbocycles. The summed E-state index contributed by atoms with van der Waals surface area (Å²) in [6.45, 7) is 0.590. The molecule has 0 radical (unpaired) electrons. The van der Waals surface area contributed by atoms with Crippen molar-refractivity contribution in [2.75, 3.05) is 5.32 Å². The summed E-state index contributed by atoms with van der Waals surface area (Å²) in [6.07, 6.45) is 6.28. The summed E-state index contributed by atoms with van der Waals surface area (Å²) in [5.41, 5.74) is 1.74. The van der Waals surface area contributed by atoms with E-state index in [0.717, 1.165) is 11.3 Å². The van der Waals surface area contributed by atoms with E-state index in [0.29, 0.717) is 22.2 Å². The normalized spacial score (nSPS) is 10.7. The van der Waals surface area contributed by atoms with Gasteiger partial charge in [0.05, 0.1) is 19.0 Å². The van der Waals surface area contributed by atoms with Gasteiger partial charge in [-0.05, 0) is 29.8 Å². The number of anilines is 1. The van der Waals surface area contributed by atoms with Crippen molar-refractivity contribution in [1.82, 2.24) is 19.7 Å². The number of benzene rings is 1. The Morgan fingerprint density at radius 1 is 1.28 bits per heavy atom. The molecular weight excluding hydrogens is 338 g/mol. The van der Waals surface area contributed by atoms with Crippen molar-refractivity contribution >= 4 is 22.9 Å². The van der Waals surface area contributed by atoms with Gasteiger partial charge in [0, 0.05) is 5.69 Å². The molecule has 3 heterocycles. The van der Waals surface area contributed by atoms with E-state index in [1.807, 2.05) is 30.3 Å². The van der Waals surface area contributed by atoms with Gasteiger partial charge in [-0.2, -0.15) is 5.10 Å². The van der Waals surface area contributed by atoms with Gasteiger partial charge in [0.25, 0.3) is 5.91 Å². The van der Waals surface area contributed by atoms with Crippen LogP contribution < -0.4 is 5.32 Å². The monoisotopic (exact) mass is 351 g/mol. The number of thiazole rings is 1. The van der Waals surface area contributed by atoms with E-state index >= 15 is 0 Å². The van der Waals surface area contributed by atoms with E-state index in [1.165, 1.54) is 17.7 Å². The summed E-state index contributed by atoms with van der Waals surface area (Å²) in [5.74, 6) is 0.451. The van der Waals surface area contributed by atoms with E-state index < -0.39 is 0 Å². The SMILES string of the molecule is O=C(Nc1cccc(Cn2cncn2)c1)c1cnc(-c2ccco2)s1. The zero-order valence-electron chi connectivity index (χ0n) is 13.0. The molecule has 0 unspecified atom stereocenters. The van der Waals surface area contributed by atoms with Gasteiger partial charge in [0.2, 0.25) is 0 Å². The Labute approximate surface area is 147 Å². The fourth-order valence-corrected chi connectivity index (χ4v) is 3.11. The predicted molar refractivity (Wildman–Crippen MR) is 93.3 cm³/mol. The number of rotatable bonds is 5. The van der Waals surface area contributed by atoms with Gasteiger partial charge in [-0.25, -0.2) is 14.6 Å². The molecule has 0 fully saturated rings. The Morgan fingerprint density at radius 2 is 2.24 bits per heavy atom. The minimum absolute atomic E-state index is 0.201. The highest BCUT2D eigenvalue weighted by Gasteiger charge is 2.13. The van der Waals surface area contributed by atoms with Crippen LogP contribution in [0.5, 0.6) is 0 Å². The van der Waals surface area contributed by atoms with Crippen molar-refractivity contribution in [1.29, 1.82) is 0 Å². The number of hydrogen-bond donors (Lipinski definition) is 1. The zero-order chi connectivity index (χ0) is 17.1. The van der Waals surface area contributed by atoms with Crippen LogP contribution in [0, 0.1) is 0 Å². The van der Waals surface area contributed by atoms with Crippen LogP contribution in [0.1, 0.15) is 15.2 Å². The van der Waals surface area contributed by atoms with Crippen molar-refractivity contribution in [3.63, 3.8) is 0 Å². The van der Waals surface area contributed by atoms with Gasteiger partial charge < -0.3 is 9.73 Å². The van der Waals surface area contributed by atoms with Gasteiger partial charge in [-0.3, -0.25) is 4.79 Å². The number of aromatic nitrogens is 4. The number of hydrogen-bond acceptors (Lipinski definition) is 6. The first-order valence-corrected chi connectivity index (χ1v) is 8.32. The van der Waals surface area contributed by atoms with Gasteiger partial charge in [0.1, 0.15) is 17.5 Å². The van der Waals surface area contributed by atoms with Crippen LogP contribution in [0.25, 0.3) is 10.8 Å². The Hall–Kier alpha value is -3.26. The van der Waals surface area contributed by atoms with Gasteiger partial charge >= 0.3 is 0 Å². The molecular formula is C17H13N5O2S. The first-order valence-electron chi connectivity index (χ1n) is 7.50. The smallest absolute Gasteiger partial charge is 0.267 e. The number of furan rings is 1. The number of nitrogens with zero attached hydrogens (tertiary/aromatic N) is 4. The van der Waals surface area contributed by atoms with E-state index in [9.17, 15) is 4.79 Å². The molecule has 0 saturated heterocycles. The van der Waals surface area contributed by atoms with Crippen molar-refractivity contribution in [3.8, 4) is 10.8 Å². The Kier molecular flexibility index (Phi) is 4.09. The molecule has 4 rings (SSSR count). The van der Waals surface area contributed by atoms with Crippen LogP contribution in [0.4, 0.5) is 5.69 Å². The highest BCUT2D eigenvalue weighted by Crippen LogP contribution is 2.26. The summed E-state index contributed by atoms with van der Waals surface area (Å²) < 4.78 is 7.02. The van der Waals surface area contributed by atoms with Gasteiger partial charge in [-0.15, -0.1) is 11.3 Å². The second kappa shape index (κ2) is 6.70. The quantitative estimate of drug-likeness (QED) is 0.596. The lowest BCUT2D eigenvalue weighted by Crippen LogP contribution is -2.10. The van der Waals surface area contributed by atoms with Crippen LogP contribution in [0.15, 0.2) is 65.9 Å². The number of amides is 1. The maximum atomic E-state index is 12.4. The third-order valence-electron chi connectivity index (χ3n) is 3.46. The molecule has 0 aliphatic carbocycles. The topological polar surface area (TPSA) is 85.8 Å². The van der Waals surface area contributed by atoms with Gasteiger partial charge in [-0.1, -0.05) is 12.1 Å². The second-order valence-electron chi connectivity index (χ2n) is 5.25. The highest BCUT2D eigenvalue weighted by molar-refractivity contribution is 7.17. The van der Waals surface area contributed by atoms with E-state index in [1.54, 1.807) is 29.5 Å². The largest absolute Gasteiger partial charge is 0.462 e. The molecule has 0 spiro atoms. The fourth-order valence-electron chi connectivity index (χ4n) is 2.33.